The standard InChI is InChI=1S/C11H17N3O2S2/c1-7-8(4-9(18-7)11(16)13-12)5-17-6-10(15)14(2)3/h4H,5-6,12H2,1-3H3,(H,13,16). The molecule has 0 saturated carbocycles. The van der Waals surface area contributed by atoms with Gasteiger partial charge in [0.05, 0.1) is 10.6 Å². The first-order chi connectivity index (χ1) is 8.45. The van der Waals surface area contributed by atoms with E-state index in [2.05, 4.69) is 5.43 Å². The molecule has 2 amide bonds. The van der Waals surface area contributed by atoms with Crippen LogP contribution >= 0.6 is 23.1 Å². The number of thiophene rings is 1. The van der Waals surface area contributed by atoms with Gasteiger partial charge in [0.15, 0.2) is 0 Å². The molecule has 0 aliphatic heterocycles. The Balaban J connectivity index is 2.55. The van der Waals surface area contributed by atoms with Crippen LogP contribution in [0.1, 0.15) is 20.1 Å². The number of amides is 2. The monoisotopic (exact) mass is 287 g/mol. The van der Waals surface area contributed by atoms with Crippen LogP contribution < -0.4 is 11.3 Å². The summed E-state index contributed by atoms with van der Waals surface area (Å²) >= 11 is 2.95. The summed E-state index contributed by atoms with van der Waals surface area (Å²) in [5.41, 5.74) is 3.19. The molecule has 0 aliphatic rings. The third-order valence-electron chi connectivity index (χ3n) is 2.36. The van der Waals surface area contributed by atoms with Crippen LogP contribution in [0.2, 0.25) is 0 Å². The van der Waals surface area contributed by atoms with Crippen molar-refractivity contribution in [2.45, 2.75) is 12.7 Å². The molecular formula is C11H17N3O2S2. The molecule has 0 aromatic carbocycles. The highest BCUT2D eigenvalue weighted by Gasteiger charge is 2.12. The third kappa shape index (κ3) is 4.01. The van der Waals surface area contributed by atoms with Crippen molar-refractivity contribution in [2.75, 3.05) is 19.8 Å². The molecule has 7 heteroatoms. The molecular weight excluding hydrogens is 270 g/mol. The Morgan fingerprint density at radius 2 is 2.17 bits per heavy atom. The van der Waals surface area contributed by atoms with Crippen LogP contribution in [0.3, 0.4) is 0 Å². The summed E-state index contributed by atoms with van der Waals surface area (Å²) in [6.07, 6.45) is 0. The molecule has 0 unspecified atom stereocenters. The molecule has 0 spiro atoms. The molecule has 3 N–H and O–H groups in total. The molecule has 18 heavy (non-hydrogen) atoms. The van der Waals surface area contributed by atoms with E-state index in [9.17, 15) is 9.59 Å². The van der Waals surface area contributed by atoms with E-state index >= 15 is 0 Å². The zero-order valence-electron chi connectivity index (χ0n) is 10.6. The summed E-state index contributed by atoms with van der Waals surface area (Å²) in [6, 6.07) is 1.83. The van der Waals surface area contributed by atoms with Crippen molar-refractivity contribution in [2.24, 2.45) is 5.84 Å². The molecule has 1 aromatic rings. The van der Waals surface area contributed by atoms with Crippen molar-refractivity contribution in [1.82, 2.24) is 10.3 Å². The molecule has 1 heterocycles. The van der Waals surface area contributed by atoms with Crippen molar-refractivity contribution in [3.8, 4) is 0 Å². The number of nitrogens with one attached hydrogen (secondary N) is 1. The normalized spacial score (nSPS) is 10.2. The number of nitrogens with zero attached hydrogens (tertiary/aromatic N) is 1. The van der Waals surface area contributed by atoms with Crippen molar-refractivity contribution >= 4 is 34.9 Å². The van der Waals surface area contributed by atoms with E-state index in [4.69, 9.17) is 5.84 Å². The Hall–Kier alpha value is -1.05. The Morgan fingerprint density at radius 1 is 1.50 bits per heavy atom. The lowest BCUT2D eigenvalue weighted by Gasteiger charge is -2.09. The fraction of sp³-hybridized carbons (Fsp3) is 0.455. The highest BCUT2D eigenvalue weighted by Crippen LogP contribution is 2.25. The lowest BCUT2D eigenvalue weighted by molar-refractivity contribution is -0.125. The van der Waals surface area contributed by atoms with Gasteiger partial charge in [-0.05, 0) is 18.6 Å². The Morgan fingerprint density at radius 3 is 2.72 bits per heavy atom. The lowest BCUT2D eigenvalue weighted by atomic mass is 10.3. The minimum absolute atomic E-state index is 0.0906. The van der Waals surface area contributed by atoms with E-state index < -0.39 is 0 Å². The fourth-order valence-corrected chi connectivity index (χ4v) is 3.31. The average molecular weight is 287 g/mol. The molecule has 0 radical (unpaired) electrons. The highest BCUT2D eigenvalue weighted by atomic mass is 32.2. The van der Waals surface area contributed by atoms with Crippen LogP contribution in [0.25, 0.3) is 0 Å². The van der Waals surface area contributed by atoms with Crippen LogP contribution in [-0.2, 0) is 10.5 Å². The SMILES string of the molecule is Cc1sc(C(=O)NN)cc1CSCC(=O)N(C)C. The van der Waals surface area contributed by atoms with Gasteiger partial charge in [-0.2, -0.15) is 0 Å². The molecule has 0 fully saturated rings. The summed E-state index contributed by atoms with van der Waals surface area (Å²) in [6.45, 7) is 1.96. The number of nitrogens with two attached hydrogens (primary N) is 1. The minimum atomic E-state index is -0.274. The van der Waals surface area contributed by atoms with Crippen LogP contribution in [-0.4, -0.2) is 36.6 Å². The highest BCUT2D eigenvalue weighted by molar-refractivity contribution is 7.99. The van der Waals surface area contributed by atoms with Gasteiger partial charge < -0.3 is 4.90 Å². The molecule has 0 atom stereocenters. The van der Waals surface area contributed by atoms with Gasteiger partial charge in [0.1, 0.15) is 0 Å². The first-order valence-corrected chi connectivity index (χ1v) is 7.31. The van der Waals surface area contributed by atoms with E-state index in [1.54, 1.807) is 30.8 Å². The molecule has 0 saturated heterocycles. The molecule has 1 aromatic heterocycles. The van der Waals surface area contributed by atoms with Crippen molar-refractivity contribution in [3.05, 3.63) is 21.4 Å². The predicted molar refractivity (Wildman–Crippen MR) is 75.6 cm³/mol. The van der Waals surface area contributed by atoms with Crippen LogP contribution in [0.4, 0.5) is 0 Å². The zero-order valence-corrected chi connectivity index (χ0v) is 12.3. The number of carbonyl (C=O) groups excluding carboxylic acids is 2. The summed E-state index contributed by atoms with van der Waals surface area (Å²) in [5, 5.41) is 0. The molecule has 0 bridgehead atoms. The number of rotatable bonds is 5. The van der Waals surface area contributed by atoms with E-state index in [1.165, 1.54) is 11.3 Å². The Labute approximate surface area is 115 Å². The lowest BCUT2D eigenvalue weighted by Crippen LogP contribution is -2.29. The van der Waals surface area contributed by atoms with E-state index in [-0.39, 0.29) is 11.8 Å². The summed E-state index contributed by atoms with van der Waals surface area (Å²) in [5.74, 6) is 6.07. The number of aryl methyl sites for hydroxylation is 1. The minimum Gasteiger partial charge on any atom is -0.348 e. The van der Waals surface area contributed by atoms with E-state index in [0.717, 1.165) is 16.2 Å². The van der Waals surface area contributed by atoms with Gasteiger partial charge in [0, 0.05) is 24.7 Å². The number of nitrogen functional groups attached to an aromatic ring is 1. The summed E-state index contributed by atoms with van der Waals surface area (Å²) in [7, 11) is 3.48. The maximum absolute atomic E-state index is 11.4. The molecule has 100 valence electrons. The van der Waals surface area contributed by atoms with Crippen LogP contribution in [0.15, 0.2) is 6.07 Å². The zero-order chi connectivity index (χ0) is 13.7. The second-order valence-corrected chi connectivity index (χ2v) is 6.19. The average Bonchev–Trinajstić information content (AvgIpc) is 2.69. The smallest absolute Gasteiger partial charge is 0.275 e. The number of thioether (sulfide) groups is 1. The number of hydrogen-bond donors (Lipinski definition) is 2. The van der Waals surface area contributed by atoms with Crippen molar-refractivity contribution in [1.29, 1.82) is 0 Å². The maximum Gasteiger partial charge on any atom is 0.275 e. The van der Waals surface area contributed by atoms with Crippen molar-refractivity contribution < 1.29 is 9.59 Å². The van der Waals surface area contributed by atoms with Gasteiger partial charge in [-0.3, -0.25) is 15.0 Å². The Kier molecular flexibility index (Phi) is 5.64. The second kappa shape index (κ2) is 6.77. The maximum atomic E-state index is 11.4. The van der Waals surface area contributed by atoms with Gasteiger partial charge >= 0.3 is 0 Å². The van der Waals surface area contributed by atoms with Gasteiger partial charge in [-0.1, -0.05) is 0 Å². The number of hydrazine groups is 1. The largest absolute Gasteiger partial charge is 0.348 e. The number of hydrogen-bond acceptors (Lipinski definition) is 5. The fourth-order valence-electron chi connectivity index (χ4n) is 1.22. The van der Waals surface area contributed by atoms with Crippen molar-refractivity contribution in [3.63, 3.8) is 0 Å². The quantitative estimate of drug-likeness (QED) is 0.481. The predicted octanol–water partition coefficient (Wildman–Crippen LogP) is 0.981. The first-order valence-electron chi connectivity index (χ1n) is 5.34. The number of carbonyl (C=O) groups is 2. The van der Waals surface area contributed by atoms with E-state index in [1.807, 2.05) is 13.0 Å². The second-order valence-electron chi connectivity index (χ2n) is 3.95. The first kappa shape index (κ1) is 15.0. The van der Waals surface area contributed by atoms with Gasteiger partial charge in [-0.15, -0.1) is 23.1 Å². The third-order valence-corrected chi connectivity index (χ3v) is 4.42. The molecule has 1 rings (SSSR count). The van der Waals surface area contributed by atoms with Gasteiger partial charge in [-0.25, -0.2) is 5.84 Å². The van der Waals surface area contributed by atoms with Gasteiger partial charge in [0.25, 0.3) is 5.91 Å². The van der Waals surface area contributed by atoms with Crippen LogP contribution in [0, 0.1) is 6.92 Å². The van der Waals surface area contributed by atoms with E-state index in [0.29, 0.717) is 10.6 Å². The summed E-state index contributed by atoms with van der Waals surface area (Å²) in [4.78, 5) is 26.0. The Bertz CT molecular complexity index is 443. The molecule has 5 nitrogen and oxygen atoms in total. The topological polar surface area (TPSA) is 75.4 Å². The summed E-state index contributed by atoms with van der Waals surface area (Å²) < 4.78 is 0. The van der Waals surface area contributed by atoms with Gasteiger partial charge in [0.2, 0.25) is 5.91 Å². The van der Waals surface area contributed by atoms with Crippen LogP contribution in [0.5, 0.6) is 0 Å². The molecule has 0 aliphatic carbocycles.